The molecule has 1 aromatic carbocycles. The molecular formula is C17H20N6O. The molecule has 1 aliphatic heterocycles. The van der Waals surface area contributed by atoms with Gasteiger partial charge in [-0.25, -0.2) is 4.68 Å². The molecular weight excluding hydrogens is 304 g/mol. The number of H-pyrrole nitrogens is 1. The smallest absolute Gasteiger partial charge is 0.123 e. The average Bonchev–Trinajstić information content (AvgIpc) is 3.30. The third-order valence-electron chi connectivity index (χ3n) is 4.55. The maximum atomic E-state index is 10.9. The number of likely N-dealkylation sites (tertiary alicyclic amines) is 1. The average molecular weight is 324 g/mol. The van der Waals surface area contributed by atoms with Gasteiger partial charge in [0.2, 0.25) is 0 Å². The van der Waals surface area contributed by atoms with Crippen LogP contribution in [0.3, 0.4) is 0 Å². The molecule has 0 amide bonds. The number of nitrogens with one attached hydrogen (secondary N) is 1. The van der Waals surface area contributed by atoms with Crippen LogP contribution in [0.4, 0.5) is 0 Å². The predicted octanol–water partition coefficient (Wildman–Crippen LogP) is 1.47. The van der Waals surface area contributed by atoms with Gasteiger partial charge >= 0.3 is 0 Å². The van der Waals surface area contributed by atoms with Crippen LogP contribution >= 0.6 is 0 Å². The number of hydrogen-bond donors (Lipinski definition) is 2. The van der Waals surface area contributed by atoms with E-state index in [1.54, 1.807) is 12.4 Å². The van der Waals surface area contributed by atoms with Gasteiger partial charge in [-0.15, -0.1) is 0 Å². The minimum atomic E-state index is -0.916. The van der Waals surface area contributed by atoms with Gasteiger partial charge in [0.05, 0.1) is 11.9 Å². The van der Waals surface area contributed by atoms with Crippen LogP contribution in [0, 0.1) is 0 Å². The van der Waals surface area contributed by atoms with Crippen molar-refractivity contribution in [3.8, 4) is 5.69 Å². The van der Waals surface area contributed by atoms with Crippen LogP contribution in [-0.2, 0) is 12.1 Å². The number of benzene rings is 1. The van der Waals surface area contributed by atoms with Crippen molar-refractivity contribution in [2.75, 3.05) is 13.1 Å². The van der Waals surface area contributed by atoms with Crippen LogP contribution < -0.4 is 0 Å². The zero-order valence-corrected chi connectivity index (χ0v) is 13.3. The van der Waals surface area contributed by atoms with Crippen LogP contribution in [0.15, 0.2) is 48.9 Å². The number of aromatic nitrogens is 5. The van der Waals surface area contributed by atoms with Gasteiger partial charge in [0.15, 0.2) is 0 Å². The Morgan fingerprint density at radius 2 is 2.12 bits per heavy atom. The number of nitrogens with zero attached hydrogens (tertiary/aromatic N) is 5. The molecule has 1 fully saturated rings. The van der Waals surface area contributed by atoms with Crippen molar-refractivity contribution in [2.45, 2.75) is 25.0 Å². The van der Waals surface area contributed by atoms with E-state index in [-0.39, 0.29) is 0 Å². The molecule has 3 aromatic rings. The number of β-amino-alcohol motifs (C(OH)–C–C–N with tert-alkyl or cyclic N) is 1. The standard InChI is InChI=1S/C17H20N6O/c24-17(16-11-18-21-20-16)7-1-9-22(13-17)12-14-3-5-15(6-4-14)23-10-2-8-19-23/h2-6,8,10-11,24H,1,7,9,12-13H2,(H,18,20,21)/t17-/m0/s1. The van der Waals surface area contributed by atoms with Crippen LogP contribution in [0.5, 0.6) is 0 Å². The SMILES string of the molecule is O[C@@]1(c2cn[nH]n2)CCCN(Cc2ccc(-n3cccn3)cc2)C1. The lowest BCUT2D eigenvalue weighted by Crippen LogP contribution is -2.45. The van der Waals surface area contributed by atoms with Gasteiger partial charge in [0.1, 0.15) is 11.3 Å². The molecule has 0 saturated carbocycles. The van der Waals surface area contributed by atoms with Crippen molar-refractivity contribution in [1.29, 1.82) is 0 Å². The third-order valence-corrected chi connectivity index (χ3v) is 4.55. The summed E-state index contributed by atoms with van der Waals surface area (Å²) in [4.78, 5) is 2.26. The molecule has 24 heavy (non-hydrogen) atoms. The van der Waals surface area contributed by atoms with E-state index < -0.39 is 5.60 Å². The zero-order chi connectivity index (χ0) is 16.4. The number of hydrogen-bond acceptors (Lipinski definition) is 5. The molecule has 2 aromatic heterocycles. The fourth-order valence-electron chi connectivity index (χ4n) is 3.33. The zero-order valence-electron chi connectivity index (χ0n) is 13.3. The molecule has 0 bridgehead atoms. The Hall–Kier alpha value is -2.51. The first kappa shape index (κ1) is 15.0. The first-order valence-electron chi connectivity index (χ1n) is 8.13. The van der Waals surface area contributed by atoms with E-state index in [2.05, 4.69) is 49.7 Å². The molecule has 0 spiro atoms. The van der Waals surface area contributed by atoms with E-state index in [4.69, 9.17) is 0 Å². The van der Waals surface area contributed by atoms with Crippen molar-refractivity contribution in [3.63, 3.8) is 0 Å². The summed E-state index contributed by atoms with van der Waals surface area (Å²) in [5.74, 6) is 0. The molecule has 0 aliphatic carbocycles. The molecule has 0 unspecified atom stereocenters. The molecule has 1 saturated heterocycles. The van der Waals surface area contributed by atoms with Gasteiger partial charge in [-0.3, -0.25) is 4.90 Å². The van der Waals surface area contributed by atoms with Crippen LogP contribution in [0.25, 0.3) is 5.69 Å². The minimum Gasteiger partial charge on any atom is -0.382 e. The Morgan fingerprint density at radius 3 is 2.83 bits per heavy atom. The van der Waals surface area contributed by atoms with E-state index in [0.717, 1.165) is 25.2 Å². The molecule has 124 valence electrons. The highest BCUT2D eigenvalue weighted by atomic mass is 16.3. The second-order valence-corrected chi connectivity index (χ2v) is 6.32. The van der Waals surface area contributed by atoms with E-state index in [9.17, 15) is 5.11 Å². The highest BCUT2D eigenvalue weighted by Crippen LogP contribution is 2.30. The largest absolute Gasteiger partial charge is 0.382 e. The number of piperidine rings is 1. The van der Waals surface area contributed by atoms with Crippen LogP contribution in [-0.4, -0.2) is 48.3 Å². The van der Waals surface area contributed by atoms with Crippen molar-refractivity contribution >= 4 is 0 Å². The Morgan fingerprint density at radius 1 is 1.25 bits per heavy atom. The highest BCUT2D eigenvalue weighted by Gasteiger charge is 2.37. The summed E-state index contributed by atoms with van der Waals surface area (Å²) in [5, 5.41) is 25.6. The second kappa shape index (κ2) is 6.18. The van der Waals surface area contributed by atoms with Crippen molar-refractivity contribution < 1.29 is 5.11 Å². The number of aromatic amines is 1. The van der Waals surface area contributed by atoms with Gasteiger partial charge in [0, 0.05) is 25.5 Å². The molecule has 1 atom stereocenters. The summed E-state index contributed by atoms with van der Waals surface area (Å²) in [6.45, 7) is 2.35. The molecule has 2 N–H and O–H groups in total. The van der Waals surface area contributed by atoms with Crippen molar-refractivity contribution in [1.82, 2.24) is 30.1 Å². The first-order valence-corrected chi connectivity index (χ1v) is 8.13. The lowest BCUT2D eigenvalue weighted by atomic mass is 9.90. The van der Waals surface area contributed by atoms with Gasteiger partial charge in [-0.2, -0.15) is 20.5 Å². The molecule has 3 heterocycles. The van der Waals surface area contributed by atoms with Gasteiger partial charge in [-0.05, 0) is 43.1 Å². The Labute approximate surface area is 139 Å². The molecule has 7 heteroatoms. The van der Waals surface area contributed by atoms with Gasteiger partial charge in [0.25, 0.3) is 0 Å². The van der Waals surface area contributed by atoms with Gasteiger partial charge < -0.3 is 5.11 Å². The Bertz CT molecular complexity index is 768. The minimum absolute atomic E-state index is 0.570. The highest BCUT2D eigenvalue weighted by molar-refractivity contribution is 5.33. The maximum absolute atomic E-state index is 10.9. The predicted molar refractivity (Wildman–Crippen MR) is 88.4 cm³/mol. The van der Waals surface area contributed by atoms with Crippen LogP contribution in [0.1, 0.15) is 24.1 Å². The monoisotopic (exact) mass is 324 g/mol. The lowest BCUT2D eigenvalue weighted by Gasteiger charge is -2.38. The fraction of sp³-hybridized carbons (Fsp3) is 0.353. The second-order valence-electron chi connectivity index (χ2n) is 6.32. The Kier molecular flexibility index (Phi) is 3.87. The summed E-state index contributed by atoms with van der Waals surface area (Å²) >= 11 is 0. The fourth-order valence-corrected chi connectivity index (χ4v) is 3.33. The quantitative estimate of drug-likeness (QED) is 0.759. The number of rotatable bonds is 4. The summed E-state index contributed by atoms with van der Waals surface area (Å²) < 4.78 is 1.84. The molecule has 1 aliphatic rings. The van der Waals surface area contributed by atoms with E-state index in [1.165, 1.54) is 5.56 Å². The molecule has 0 radical (unpaired) electrons. The summed E-state index contributed by atoms with van der Waals surface area (Å²) in [5.41, 5.74) is 1.97. The molecule has 7 nitrogen and oxygen atoms in total. The lowest BCUT2D eigenvalue weighted by molar-refractivity contribution is -0.0414. The van der Waals surface area contributed by atoms with E-state index in [1.807, 2.05) is 16.9 Å². The topological polar surface area (TPSA) is 82.9 Å². The third kappa shape index (κ3) is 2.95. The van der Waals surface area contributed by atoms with E-state index >= 15 is 0 Å². The normalized spacial score (nSPS) is 21.9. The summed E-state index contributed by atoms with van der Waals surface area (Å²) in [6.07, 6.45) is 6.97. The Balaban J connectivity index is 1.45. The number of aliphatic hydroxyl groups is 1. The maximum Gasteiger partial charge on any atom is 0.123 e. The van der Waals surface area contributed by atoms with Crippen LogP contribution in [0.2, 0.25) is 0 Å². The van der Waals surface area contributed by atoms with Gasteiger partial charge in [-0.1, -0.05) is 12.1 Å². The first-order chi connectivity index (χ1) is 11.7. The summed E-state index contributed by atoms with van der Waals surface area (Å²) in [7, 11) is 0. The molecule has 4 rings (SSSR count). The van der Waals surface area contributed by atoms with E-state index in [0.29, 0.717) is 18.7 Å². The van der Waals surface area contributed by atoms with Crippen molar-refractivity contribution in [2.24, 2.45) is 0 Å². The van der Waals surface area contributed by atoms with Crippen molar-refractivity contribution in [3.05, 3.63) is 60.2 Å². The summed E-state index contributed by atoms with van der Waals surface area (Å²) in [6, 6.07) is 10.3.